The van der Waals surface area contributed by atoms with Gasteiger partial charge in [-0.25, -0.2) is 9.69 Å². The molecule has 3 aliphatic rings. The van der Waals surface area contributed by atoms with Crippen molar-refractivity contribution >= 4 is 17.8 Å². The first-order valence-electron chi connectivity index (χ1n) is 11.2. The van der Waals surface area contributed by atoms with Gasteiger partial charge in [0.15, 0.2) is 0 Å². The summed E-state index contributed by atoms with van der Waals surface area (Å²) in [7, 11) is 0. The standard InChI is InChI=1S/C23H32N4O3/c1-3-19(26-13-10-17-8-4-5-9-18(17)15-26)14-24-20(28)16(2)27-21(29)23(25-22(27)30)11-6-7-12-23/h4-5,8-9,16,19H,3,6-7,10-15H2,1-2H3,(H,24,28)(H,25,30). The number of nitrogens with one attached hydrogen (secondary N) is 2. The first kappa shape index (κ1) is 20.8. The van der Waals surface area contributed by atoms with E-state index in [4.69, 9.17) is 0 Å². The number of nitrogens with zero attached hydrogens (tertiary/aromatic N) is 2. The normalized spacial score (nSPS) is 22.7. The largest absolute Gasteiger partial charge is 0.353 e. The lowest BCUT2D eigenvalue weighted by atomic mass is 9.97. The lowest BCUT2D eigenvalue weighted by Gasteiger charge is -2.35. The van der Waals surface area contributed by atoms with Crippen LogP contribution in [0.25, 0.3) is 0 Å². The lowest BCUT2D eigenvalue weighted by molar-refractivity contribution is -0.137. The zero-order valence-electron chi connectivity index (χ0n) is 17.9. The number of hydrogen-bond donors (Lipinski definition) is 2. The van der Waals surface area contributed by atoms with Crippen LogP contribution >= 0.6 is 0 Å². The molecule has 1 aromatic rings. The van der Waals surface area contributed by atoms with Crippen LogP contribution in [0.3, 0.4) is 0 Å². The van der Waals surface area contributed by atoms with E-state index in [1.165, 1.54) is 11.1 Å². The van der Waals surface area contributed by atoms with Crippen LogP contribution in [-0.2, 0) is 22.6 Å². The molecule has 1 saturated heterocycles. The van der Waals surface area contributed by atoms with Crippen molar-refractivity contribution in [2.45, 2.75) is 76.5 Å². The second-order valence-electron chi connectivity index (χ2n) is 8.87. The molecule has 2 aliphatic heterocycles. The Morgan fingerprint density at radius 2 is 1.90 bits per heavy atom. The maximum Gasteiger partial charge on any atom is 0.325 e. The zero-order chi connectivity index (χ0) is 21.3. The molecule has 7 nitrogen and oxygen atoms in total. The topological polar surface area (TPSA) is 81.8 Å². The molecule has 2 N–H and O–H groups in total. The minimum absolute atomic E-state index is 0.221. The average Bonchev–Trinajstić information content (AvgIpc) is 3.32. The van der Waals surface area contributed by atoms with Gasteiger partial charge in [0, 0.05) is 25.7 Å². The Labute approximate surface area is 178 Å². The van der Waals surface area contributed by atoms with Gasteiger partial charge < -0.3 is 10.6 Å². The Kier molecular flexibility index (Phi) is 5.82. The maximum absolute atomic E-state index is 12.9. The third-order valence-corrected chi connectivity index (χ3v) is 7.08. The van der Waals surface area contributed by atoms with E-state index in [9.17, 15) is 14.4 Å². The van der Waals surface area contributed by atoms with E-state index < -0.39 is 17.6 Å². The van der Waals surface area contributed by atoms with E-state index in [-0.39, 0.29) is 17.9 Å². The summed E-state index contributed by atoms with van der Waals surface area (Å²) in [6.07, 6.45) is 5.12. The summed E-state index contributed by atoms with van der Waals surface area (Å²) < 4.78 is 0. The van der Waals surface area contributed by atoms with Gasteiger partial charge in [-0.3, -0.25) is 14.5 Å². The van der Waals surface area contributed by atoms with Crippen molar-refractivity contribution in [1.29, 1.82) is 0 Å². The van der Waals surface area contributed by atoms with Crippen LogP contribution in [0.1, 0.15) is 57.1 Å². The van der Waals surface area contributed by atoms with Crippen molar-refractivity contribution in [3.8, 4) is 0 Å². The molecular formula is C23H32N4O3. The molecule has 1 aromatic carbocycles. The molecule has 1 saturated carbocycles. The molecule has 0 bridgehead atoms. The van der Waals surface area contributed by atoms with E-state index in [0.717, 1.165) is 43.7 Å². The third kappa shape index (κ3) is 3.71. The van der Waals surface area contributed by atoms with Crippen molar-refractivity contribution in [1.82, 2.24) is 20.4 Å². The fraction of sp³-hybridized carbons (Fsp3) is 0.609. The average molecular weight is 413 g/mol. The molecule has 162 valence electrons. The Bertz CT molecular complexity index is 833. The highest BCUT2D eigenvalue weighted by atomic mass is 16.2. The summed E-state index contributed by atoms with van der Waals surface area (Å²) >= 11 is 0. The van der Waals surface area contributed by atoms with E-state index in [2.05, 4.69) is 46.7 Å². The molecule has 4 rings (SSSR count). The summed E-state index contributed by atoms with van der Waals surface area (Å²) in [4.78, 5) is 41.7. The third-order valence-electron chi connectivity index (χ3n) is 7.08. The predicted molar refractivity (Wildman–Crippen MR) is 114 cm³/mol. The Morgan fingerprint density at radius 1 is 1.20 bits per heavy atom. The quantitative estimate of drug-likeness (QED) is 0.702. The first-order valence-corrected chi connectivity index (χ1v) is 11.2. The summed E-state index contributed by atoms with van der Waals surface area (Å²) in [6, 6.07) is 7.48. The molecule has 2 atom stereocenters. The molecule has 0 aromatic heterocycles. The minimum Gasteiger partial charge on any atom is -0.353 e. The van der Waals surface area contributed by atoms with Gasteiger partial charge in [0.05, 0.1) is 0 Å². The van der Waals surface area contributed by atoms with Crippen LogP contribution in [0.4, 0.5) is 4.79 Å². The fourth-order valence-corrected chi connectivity index (χ4v) is 5.15. The molecule has 4 amide bonds. The number of amides is 4. The Balaban J connectivity index is 1.35. The van der Waals surface area contributed by atoms with Gasteiger partial charge in [-0.1, -0.05) is 44.0 Å². The van der Waals surface area contributed by atoms with Gasteiger partial charge in [0.25, 0.3) is 5.91 Å². The van der Waals surface area contributed by atoms with Gasteiger partial charge in [0.2, 0.25) is 5.91 Å². The monoisotopic (exact) mass is 412 g/mol. The number of carbonyl (C=O) groups is 3. The number of carbonyl (C=O) groups excluding carboxylic acids is 3. The Morgan fingerprint density at radius 3 is 2.60 bits per heavy atom. The van der Waals surface area contributed by atoms with Crippen LogP contribution in [0, 0.1) is 0 Å². The number of benzene rings is 1. The van der Waals surface area contributed by atoms with Crippen LogP contribution in [0.15, 0.2) is 24.3 Å². The van der Waals surface area contributed by atoms with Crippen molar-refractivity contribution in [3.05, 3.63) is 35.4 Å². The van der Waals surface area contributed by atoms with E-state index >= 15 is 0 Å². The zero-order valence-corrected chi connectivity index (χ0v) is 17.9. The number of imide groups is 1. The van der Waals surface area contributed by atoms with Crippen LogP contribution in [-0.4, -0.2) is 58.4 Å². The summed E-state index contributed by atoms with van der Waals surface area (Å²) in [5, 5.41) is 5.85. The second-order valence-corrected chi connectivity index (χ2v) is 8.87. The van der Waals surface area contributed by atoms with Gasteiger partial charge in [-0.05, 0) is 43.7 Å². The molecular weight excluding hydrogens is 380 g/mol. The second kappa shape index (κ2) is 8.38. The number of fused-ring (bicyclic) bond motifs is 1. The number of rotatable bonds is 6. The summed E-state index contributed by atoms with van der Waals surface area (Å²) in [5.41, 5.74) is 1.97. The van der Waals surface area contributed by atoms with Crippen molar-refractivity contribution < 1.29 is 14.4 Å². The smallest absolute Gasteiger partial charge is 0.325 e. The van der Waals surface area contributed by atoms with Crippen LogP contribution in [0.2, 0.25) is 0 Å². The van der Waals surface area contributed by atoms with Crippen molar-refractivity contribution in [3.63, 3.8) is 0 Å². The van der Waals surface area contributed by atoms with Gasteiger partial charge >= 0.3 is 6.03 Å². The maximum atomic E-state index is 12.9. The summed E-state index contributed by atoms with van der Waals surface area (Å²) in [5.74, 6) is -0.517. The molecule has 2 fully saturated rings. The highest BCUT2D eigenvalue weighted by Crippen LogP contribution is 2.35. The highest BCUT2D eigenvalue weighted by Gasteiger charge is 2.54. The molecule has 7 heteroatoms. The molecule has 1 aliphatic carbocycles. The van der Waals surface area contributed by atoms with Crippen LogP contribution < -0.4 is 10.6 Å². The summed E-state index contributed by atoms with van der Waals surface area (Å²) in [6.45, 7) is 6.13. The fourth-order valence-electron chi connectivity index (χ4n) is 5.15. The molecule has 2 unspecified atom stereocenters. The van der Waals surface area contributed by atoms with Gasteiger partial charge in [-0.15, -0.1) is 0 Å². The number of hydrogen-bond acceptors (Lipinski definition) is 4. The van der Waals surface area contributed by atoms with E-state index in [0.29, 0.717) is 19.4 Å². The molecule has 30 heavy (non-hydrogen) atoms. The van der Waals surface area contributed by atoms with Crippen LogP contribution in [0.5, 0.6) is 0 Å². The number of urea groups is 1. The first-order chi connectivity index (χ1) is 14.4. The Hall–Kier alpha value is -2.41. The predicted octanol–water partition coefficient (Wildman–Crippen LogP) is 2.19. The molecule has 2 heterocycles. The van der Waals surface area contributed by atoms with Gasteiger partial charge in [-0.2, -0.15) is 0 Å². The van der Waals surface area contributed by atoms with E-state index in [1.54, 1.807) is 6.92 Å². The molecule has 0 radical (unpaired) electrons. The minimum atomic E-state index is -0.808. The highest BCUT2D eigenvalue weighted by molar-refractivity contribution is 6.09. The van der Waals surface area contributed by atoms with Crippen molar-refractivity contribution in [2.75, 3.05) is 13.1 Å². The molecule has 1 spiro atoms. The lowest BCUT2D eigenvalue weighted by Crippen LogP contribution is -2.52. The van der Waals surface area contributed by atoms with Gasteiger partial charge in [0.1, 0.15) is 11.6 Å². The SMILES string of the molecule is CCC(CNC(=O)C(C)N1C(=O)NC2(CCCC2)C1=O)N1CCc2ccccc2C1. The van der Waals surface area contributed by atoms with E-state index in [1.807, 2.05) is 0 Å². The van der Waals surface area contributed by atoms with Crippen molar-refractivity contribution in [2.24, 2.45) is 0 Å².